The topological polar surface area (TPSA) is 53.4 Å². The number of hydrogen-bond acceptors (Lipinski definition) is 4. The molecule has 1 aliphatic rings. The van der Waals surface area contributed by atoms with Gasteiger partial charge < -0.3 is 9.47 Å². The van der Waals surface area contributed by atoms with E-state index in [9.17, 15) is 4.79 Å². The van der Waals surface area contributed by atoms with Crippen LogP contribution in [0.1, 0.15) is 29.6 Å². The van der Waals surface area contributed by atoms with Crippen LogP contribution < -0.4 is 0 Å². The number of carbonyl (C=O) groups is 1. The van der Waals surface area contributed by atoms with Gasteiger partial charge >= 0.3 is 5.97 Å². The molecule has 1 aromatic rings. The molecule has 0 N–H and O–H groups in total. The number of hydrogen-bond donors (Lipinski definition) is 0. The molecule has 0 radical (unpaired) electrons. The summed E-state index contributed by atoms with van der Waals surface area (Å²) in [6.45, 7) is 1.25. The van der Waals surface area contributed by atoms with Crippen molar-refractivity contribution in [3.05, 3.63) is 18.0 Å². The highest BCUT2D eigenvalue weighted by atomic mass is 16.5. The molecule has 2 heterocycles. The monoisotopic (exact) mass is 224 g/mol. The molecule has 0 bridgehead atoms. The Hall–Kier alpha value is -1.36. The Morgan fingerprint density at radius 2 is 2.62 bits per heavy atom. The second kappa shape index (κ2) is 5.12. The maximum atomic E-state index is 11.5. The second-order valence-corrected chi connectivity index (χ2v) is 3.96. The molecule has 16 heavy (non-hydrogen) atoms. The second-order valence-electron chi connectivity index (χ2n) is 3.96. The predicted octanol–water partition coefficient (Wildman–Crippen LogP) is 1.15. The minimum Gasteiger partial charge on any atom is -0.462 e. The normalized spacial score (nSPS) is 19.9. The van der Waals surface area contributed by atoms with Gasteiger partial charge in [-0.15, -0.1) is 0 Å². The summed E-state index contributed by atoms with van der Waals surface area (Å²) >= 11 is 0. The van der Waals surface area contributed by atoms with E-state index < -0.39 is 0 Å². The number of rotatable bonds is 4. The van der Waals surface area contributed by atoms with Crippen LogP contribution in [0.2, 0.25) is 0 Å². The molecule has 0 aromatic carbocycles. The van der Waals surface area contributed by atoms with Crippen molar-refractivity contribution in [3.8, 4) is 0 Å². The van der Waals surface area contributed by atoms with Gasteiger partial charge in [0, 0.05) is 26.3 Å². The lowest BCUT2D eigenvalue weighted by molar-refractivity contribution is 0.0386. The first-order valence-electron chi connectivity index (χ1n) is 5.53. The van der Waals surface area contributed by atoms with Crippen molar-refractivity contribution in [2.45, 2.75) is 25.4 Å². The Kier molecular flexibility index (Phi) is 3.56. The summed E-state index contributed by atoms with van der Waals surface area (Å²) in [6.07, 6.45) is 6.39. The van der Waals surface area contributed by atoms with Crippen molar-refractivity contribution < 1.29 is 14.3 Å². The SMILES string of the molecule is Cn1cc(C(=O)OCC[C@@H]2CCCO2)cn1. The van der Waals surface area contributed by atoms with Gasteiger partial charge in [-0.25, -0.2) is 4.79 Å². The van der Waals surface area contributed by atoms with Gasteiger partial charge in [0.15, 0.2) is 0 Å². The molecule has 0 spiro atoms. The number of esters is 1. The van der Waals surface area contributed by atoms with Crippen LogP contribution in [-0.2, 0) is 16.5 Å². The summed E-state index contributed by atoms with van der Waals surface area (Å²) in [5.74, 6) is -0.314. The molecule has 0 aliphatic carbocycles. The molecular weight excluding hydrogens is 208 g/mol. The molecule has 5 nitrogen and oxygen atoms in total. The van der Waals surface area contributed by atoms with Crippen LogP contribution in [0.4, 0.5) is 0 Å². The Labute approximate surface area is 94.3 Å². The molecule has 5 heteroatoms. The Morgan fingerprint density at radius 3 is 3.25 bits per heavy atom. The van der Waals surface area contributed by atoms with E-state index in [2.05, 4.69) is 5.10 Å². The van der Waals surface area contributed by atoms with E-state index in [0.29, 0.717) is 12.2 Å². The van der Waals surface area contributed by atoms with Gasteiger partial charge in [-0.3, -0.25) is 4.68 Å². The van der Waals surface area contributed by atoms with Gasteiger partial charge in [0.2, 0.25) is 0 Å². The van der Waals surface area contributed by atoms with E-state index in [1.807, 2.05) is 0 Å². The van der Waals surface area contributed by atoms with Crippen LogP contribution in [0, 0.1) is 0 Å². The standard InChI is InChI=1S/C11H16N2O3/c1-13-8-9(7-12-13)11(14)16-6-4-10-3-2-5-15-10/h7-8,10H,2-6H2,1H3/t10-/m0/s1. The number of carbonyl (C=O) groups excluding carboxylic acids is 1. The van der Waals surface area contributed by atoms with Crippen molar-refractivity contribution in [1.82, 2.24) is 9.78 Å². The van der Waals surface area contributed by atoms with Crippen molar-refractivity contribution >= 4 is 5.97 Å². The average Bonchev–Trinajstić information content (AvgIpc) is 2.89. The third-order valence-electron chi connectivity index (χ3n) is 2.64. The predicted molar refractivity (Wildman–Crippen MR) is 57.1 cm³/mol. The van der Waals surface area contributed by atoms with Crippen molar-refractivity contribution in [2.75, 3.05) is 13.2 Å². The molecular formula is C11H16N2O3. The summed E-state index contributed by atoms with van der Waals surface area (Å²) in [7, 11) is 1.77. The first kappa shape index (κ1) is 11.1. The molecule has 1 saturated heterocycles. The average molecular weight is 224 g/mol. The molecule has 2 rings (SSSR count). The number of ether oxygens (including phenoxy) is 2. The van der Waals surface area contributed by atoms with Crippen LogP contribution in [0.15, 0.2) is 12.4 Å². The van der Waals surface area contributed by atoms with Crippen molar-refractivity contribution in [1.29, 1.82) is 0 Å². The molecule has 1 fully saturated rings. The molecule has 0 amide bonds. The maximum absolute atomic E-state index is 11.5. The van der Waals surface area contributed by atoms with Gasteiger partial charge in [0.1, 0.15) is 0 Å². The van der Waals surface area contributed by atoms with Gasteiger partial charge in [-0.05, 0) is 12.8 Å². The number of nitrogens with zero attached hydrogens (tertiary/aromatic N) is 2. The first-order valence-corrected chi connectivity index (χ1v) is 5.53. The smallest absolute Gasteiger partial charge is 0.341 e. The quantitative estimate of drug-likeness (QED) is 0.720. The fourth-order valence-corrected chi connectivity index (χ4v) is 1.77. The van der Waals surface area contributed by atoms with Crippen LogP contribution in [0.5, 0.6) is 0 Å². The lowest BCUT2D eigenvalue weighted by Crippen LogP contribution is -2.12. The molecule has 1 aromatic heterocycles. The maximum Gasteiger partial charge on any atom is 0.341 e. The van der Waals surface area contributed by atoms with Gasteiger partial charge in [-0.1, -0.05) is 0 Å². The lowest BCUT2D eigenvalue weighted by atomic mass is 10.2. The number of aryl methyl sites for hydroxylation is 1. The lowest BCUT2D eigenvalue weighted by Gasteiger charge is -2.08. The summed E-state index contributed by atoms with van der Waals surface area (Å²) < 4.78 is 12.1. The third-order valence-corrected chi connectivity index (χ3v) is 2.64. The highest BCUT2D eigenvalue weighted by Gasteiger charge is 2.16. The van der Waals surface area contributed by atoms with E-state index in [1.54, 1.807) is 17.9 Å². The van der Waals surface area contributed by atoms with E-state index >= 15 is 0 Å². The highest BCUT2D eigenvalue weighted by molar-refractivity contribution is 5.88. The summed E-state index contributed by atoms with van der Waals surface area (Å²) in [4.78, 5) is 11.5. The zero-order chi connectivity index (χ0) is 11.4. The Morgan fingerprint density at radius 1 is 1.75 bits per heavy atom. The van der Waals surface area contributed by atoms with E-state index in [-0.39, 0.29) is 12.1 Å². The summed E-state index contributed by atoms with van der Waals surface area (Å²) in [5, 5.41) is 3.91. The summed E-state index contributed by atoms with van der Waals surface area (Å²) in [5.41, 5.74) is 0.495. The van der Waals surface area contributed by atoms with E-state index in [4.69, 9.17) is 9.47 Å². The van der Waals surface area contributed by atoms with Crippen LogP contribution >= 0.6 is 0 Å². The zero-order valence-corrected chi connectivity index (χ0v) is 9.39. The molecule has 88 valence electrons. The molecule has 1 atom stereocenters. The Bertz CT molecular complexity index is 356. The van der Waals surface area contributed by atoms with E-state index in [1.165, 1.54) is 6.20 Å². The minimum absolute atomic E-state index is 0.265. The van der Waals surface area contributed by atoms with Gasteiger partial charge in [0.25, 0.3) is 0 Å². The highest BCUT2D eigenvalue weighted by Crippen LogP contribution is 2.15. The van der Waals surface area contributed by atoms with Crippen molar-refractivity contribution in [3.63, 3.8) is 0 Å². The first-order chi connectivity index (χ1) is 7.75. The molecule has 0 saturated carbocycles. The largest absolute Gasteiger partial charge is 0.462 e. The summed E-state index contributed by atoms with van der Waals surface area (Å²) in [6, 6.07) is 0. The molecule has 1 aliphatic heterocycles. The van der Waals surface area contributed by atoms with Gasteiger partial charge in [0.05, 0.1) is 24.5 Å². The van der Waals surface area contributed by atoms with Crippen LogP contribution in [0.3, 0.4) is 0 Å². The Balaban J connectivity index is 1.71. The van der Waals surface area contributed by atoms with Gasteiger partial charge in [-0.2, -0.15) is 5.10 Å². The zero-order valence-electron chi connectivity index (χ0n) is 9.39. The van der Waals surface area contributed by atoms with Crippen molar-refractivity contribution in [2.24, 2.45) is 7.05 Å². The van der Waals surface area contributed by atoms with E-state index in [0.717, 1.165) is 25.9 Å². The van der Waals surface area contributed by atoms with Crippen LogP contribution in [-0.4, -0.2) is 35.1 Å². The fraction of sp³-hybridized carbons (Fsp3) is 0.636. The van der Waals surface area contributed by atoms with Crippen LogP contribution in [0.25, 0.3) is 0 Å². The molecule has 0 unspecified atom stereocenters. The number of aromatic nitrogens is 2. The third kappa shape index (κ3) is 2.82. The minimum atomic E-state index is -0.314. The fourth-order valence-electron chi connectivity index (χ4n) is 1.77.